The molecule has 76 valence electrons. The van der Waals surface area contributed by atoms with E-state index >= 15 is 0 Å². The molecule has 1 heterocycles. The molecule has 1 aromatic rings. The topological polar surface area (TPSA) is 23.5 Å². The lowest BCUT2D eigenvalue weighted by molar-refractivity contribution is 0.0449. The van der Waals surface area contributed by atoms with Gasteiger partial charge in [0.15, 0.2) is 0 Å². The van der Waals surface area contributed by atoms with E-state index in [2.05, 4.69) is 17.0 Å². The summed E-state index contributed by atoms with van der Waals surface area (Å²) < 4.78 is 0. The highest BCUT2D eigenvalue weighted by atomic mass is 16.3. The van der Waals surface area contributed by atoms with Gasteiger partial charge in [0, 0.05) is 18.8 Å². The van der Waals surface area contributed by atoms with Crippen molar-refractivity contribution < 1.29 is 5.11 Å². The monoisotopic (exact) mass is 191 g/mol. The van der Waals surface area contributed by atoms with E-state index in [-0.39, 0.29) is 0 Å². The second-order valence-corrected chi connectivity index (χ2v) is 4.36. The molecule has 1 aliphatic heterocycles. The van der Waals surface area contributed by atoms with Crippen LogP contribution in [-0.2, 0) is 0 Å². The van der Waals surface area contributed by atoms with Gasteiger partial charge in [-0.3, -0.25) is 0 Å². The largest absolute Gasteiger partial charge is 0.388 e. The van der Waals surface area contributed by atoms with Crippen LogP contribution in [0.15, 0.2) is 30.3 Å². The number of anilines is 1. The molecule has 1 aromatic carbocycles. The number of hydrogen-bond acceptors (Lipinski definition) is 2. The van der Waals surface area contributed by atoms with Gasteiger partial charge in [-0.1, -0.05) is 18.2 Å². The number of aliphatic hydroxyl groups is 1. The summed E-state index contributed by atoms with van der Waals surface area (Å²) >= 11 is 0. The Bertz CT molecular complexity index is 294. The normalized spacial score (nSPS) is 27.7. The van der Waals surface area contributed by atoms with E-state index in [0.29, 0.717) is 0 Å². The summed E-state index contributed by atoms with van der Waals surface area (Å²) in [5, 5.41) is 9.96. The van der Waals surface area contributed by atoms with Gasteiger partial charge in [0.2, 0.25) is 0 Å². The molecule has 1 saturated heterocycles. The van der Waals surface area contributed by atoms with Crippen molar-refractivity contribution in [2.45, 2.75) is 25.4 Å². The second kappa shape index (κ2) is 3.62. The highest BCUT2D eigenvalue weighted by molar-refractivity contribution is 5.46. The Kier molecular flexibility index (Phi) is 2.46. The fraction of sp³-hybridized carbons (Fsp3) is 0.500. The molecule has 1 atom stereocenters. The Morgan fingerprint density at radius 3 is 2.64 bits per heavy atom. The Labute approximate surface area is 85.2 Å². The lowest BCUT2D eigenvalue weighted by Gasteiger charge is -2.38. The van der Waals surface area contributed by atoms with Gasteiger partial charge >= 0.3 is 0 Å². The van der Waals surface area contributed by atoms with Crippen molar-refractivity contribution in [2.24, 2.45) is 0 Å². The first kappa shape index (κ1) is 9.53. The molecule has 2 rings (SSSR count). The zero-order valence-corrected chi connectivity index (χ0v) is 8.61. The zero-order valence-electron chi connectivity index (χ0n) is 8.61. The van der Waals surface area contributed by atoms with E-state index in [1.54, 1.807) is 0 Å². The zero-order chi connectivity index (χ0) is 10.0. The van der Waals surface area contributed by atoms with Gasteiger partial charge in [0.25, 0.3) is 0 Å². The number of rotatable bonds is 1. The average Bonchev–Trinajstić information content (AvgIpc) is 2.18. The standard InChI is InChI=1S/C12H17NO/c1-12(14)8-5-9-13(10-12)11-6-3-2-4-7-11/h2-4,6-7,14H,5,8-10H2,1H3. The van der Waals surface area contributed by atoms with Crippen molar-refractivity contribution in [1.82, 2.24) is 0 Å². The maximum Gasteiger partial charge on any atom is 0.0794 e. The van der Waals surface area contributed by atoms with Gasteiger partial charge < -0.3 is 10.0 Å². The van der Waals surface area contributed by atoms with Crippen molar-refractivity contribution in [3.63, 3.8) is 0 Å². The van der Waals surface area contributed by atoms with E-state index in [4.69, 9.17) is 0 Å². The maximum absolute atomic E-state index is 9.96. The summed E-state index contributed by atoms with van der Waals surface area (Å²) in [6, 6.07) is 10.3. The molecule has 2 nitrogen and oxygen atoms in total. The Balaban J connectivity index is 2.12. The fourth-order valence-electron chi connectivity index (χ4n) is 2.08. The number of hydrogen-bond donors (Lipinski definition) is 1. The third kappa shape index (κ3) is 2.07. The van der Waals surface area contributed by atoms with E-state index < -0.39 is 5.60 Å². The van der Waals surface area contributed by atoms with E-state index in [0.717, 1.165) is 25.9 Å². The second-order valence-electron chi connectivity index (χ2n) is 4.36. The van der Waals surface area contributed by atoms with Crippen LogP contribution in [0.2, 0.25) is 0 Å². The van der Waals surface area contributed by atoms with E-state index in [9.17, 15) is 5.11 Å². The van der Waals surface area contributed by atoms with Crippen molar-refractivity contribution in [3.8, 4) is 0 Å². The number of piperidine rings is 1. The molecule has 0 saturated carbocycles. The molecule has 14 heavy (non-hydrogen) atoms. The van der Waals surface area contributed by atoms with Crippen LogP contribution in [0.1, 0.15) is 19.8 Å². The van der Waals surface area contributed by atoms with Crippen molar-refractivity contribution in [3.05, 3.63) is 30.3 Å². The van der Waals surface area contributed by atoms with Gasteiger partial charge in [-0.05, 0) is 31.9 Å². The highest BCUT2D eigenvalue weighted by Crippen LogP contribution is 2.24. The lowest BCUT2D eigenvalue weighted by Crippen LogP contribution is -2.46. The first-order valence-corrected chi connectivity index (χ1v) is 5.20. The Morgan fingerprint density at radius 1 is 1.29 bits per heavy atom. The third-order valence-electron chi connectivity index (χ3n) is 2.80. The van der Waals surface area contributed by atoms with Gasteiger partial charge in [-0.15, -0.1) is 0 Å². The predicted molar refractivity (Wildman–Crippen MR) is 58.5 cm³/mol. The smallest absolute Gasteiger partial charge is 0.0794 e. The van der Waals surface area contributed by atoms with Crippen LogP contribution in [0.4, 0.5) is 5.69 Å². The SMILES string of the molecule is CC1(O)CCCN(c2ccccc2)C1. The first-order valence-electron chi connectivity index (χ1n) is 5.20. The molecule has 1 aliphatic rings. The molecule has 0 radical (unpaired) electrons. The number of para-hydroxylation sites is 1. The Hall–Kier alpha value is -1.02. The molecular weight excluding hydrogens is 174 g/mol. The summed E-state index contributed by atoms with van der Waals surface area (Å²) in [7, 11) is 0. The summed E-state index contributed by atoms with van der Waals surface area (Å²) in [5.41, 5.74) is 0.696. The molecule has 0 spiro atoms. The van der Waals surface area contributed by atoms with E-state index in [1.165, 1.54) is 5.69 Å². The van der Waals surface area contributed by atoms with Crippen LogP contribution in [0.25, 0.3) is 0 Å². The predicted octanol–water partition coefficient (Wildman–Crippen LogP) is 2.04. The molecule has 0 aromatic heterocycles. The third-order valence-corrected chi connectivity index (χ3v) is 2.80. The minimum Gasteiger partial charge on any atom is -0.388 e. The molecule has 2 heteroatoms. The van der Waals surface area contributed by atoms with E-state index in [1.807, 2.05) is 25.1 Å². The van der Waals surface area contributed by atoms with Crippen LogP contribution in [0, 0.1) is 0 Å². The molecule has 0 amide bonds. The minimum absolute atomic E-state index is 0.520. The number of benzene rings is 1. The summed E-state index contributed by atoms with van der Waals surface area (Å²) in [6.45, 7) is 3.72. The fourth-order valence-corrected chi connectivity index (χ4v) is 2.08. The van der Waals surface area contributed by atoms with Crippen molar-refractivity contribution in [2.75, 3.05) is 18.0 Å². The molecule has 1 fully saturated rings. The van der Waals surface area contributed by atoms with Gasteiger partial charge in [-0.2, -0.15) is 0 Å². The van der Waals surface area contributed by atoms with Crippen LogP contribution in [0.3, 0.4) is 0 Å². The molecule has 1 unspecified atom stereocenters. The average molecular weight is 191 g/mol. The summed E-state index contributed by atoms with van der Waals surface area (Å²) in [4.78, 5) is 2.25. The van der Waals surface area contributed by atoms with Crippen LogP contribution in [-0.4, -0.2) is 23.8 Å². The van der Waals surface area contributed by atoms with Gasteiger partial charge in [0.05, 0.1) is 5.60 Å². The molecule has 0 bridgehead atoms. The number of nitrogens with zero attached hydrogens (tertiary/aromatic N) is 1. The highest BCUT2D eigenvalue weighted by Gasteiger charge is 2.28. The van der Waals surface area contributed by atoms with Crippen molar-refractivity contribution in [1.29, 1.82) is 0 Å². The maximum atomic E-state index is 9.96. The molecule has 1 N–H and O–H groups in total. The van der Waals surface area contributed by atoms with Crippen LogP contribution >= 0.6 is 0 Å². The van der Waals surface area contributed by atoms with Crippen molar-refractivity contribution >= 4 is 5.69 Å². The lowest BCUT2D eigenvalue weighted by atomic mass is 9.95. The molecule has 0 aliphatic carbocycles. The first-order chi connectivity index (χ1) is 6.67. The quantitative estimate of drug-likeness (QED) is 0.734. The minimum atomic E-state index is -0.520. The van der Waals surface area contributed by atoms with Gasteiger partial charge in [0.1, 0.15) is 0 Å². The van der Waals surface area contributed by atoms with Gasteiger partial charge in [-0.25, -0.2) is 0 Å². The summed E-state index contributed by atoms with van der Waals surface area (Å²) in [6.07, 6.45) is 1.98. The Morgan fingerprint density at radius 2 is 2.00 bits per heavy atom. The summed E-state index contributed by atoms with van der Waals surface area (Å²) in [5.74, 6) is 0. The number of β-amino-alcohol motifs (C(OH)–C–C–N with tert-alkyl or cyclic N) is 1. The van der Waals surface area contributed by atoms with Crippen LogP contribution in [0.5, 0.6) is 0 Å². The molecular formula is C12H17NO. The van der Waals surface area contributed by atoms with Crippen LogP contribution < -0.4 is 4.90 Å².